The van der Waals surface area contributed by atoms with E-state index in [0.29, 0.717) is 12.2 Å². The van der Waals surface area contributed by atoms with Crippen LogP contribution in [0.1, 0.15) is 11.4 Å². The highest BCUT2D eigenvalue weighted by atomic mass is 79.9. The van der Waals surface area contributed by atoms with E-state index in [2.05, 4.69) is 31.3 Å². The van der Waals surface area contributed by atoms with Gasteiger partial charge in [0.25, 0.3) is 0 Å². The maximum atomic E-state index is 4.38. The SMILES string of the molecule is Brc1ccc(Cc2nnn(-c3ccccc3)n2)cc1. The van der Waals surface area contributed by atoms with E-state index in [0.717, 1.165) is 15.7 Å². The average Bonchev–Trinajstić information content (AvgIpc) is 2.91. The Balaban J connectivity index is 1.80. The quantitative estimate of drug-likeness (QED) is 0.746. The highest BCUT2D eigenvalue weighted by Crippen LogP contribution is 2.12. The fourth-order valence-corrected chi connectivity index (χ4v) is 2.03. The van der Waals surface area contributed by atoms with E-state index in [9.17, 15) is 0 Å². The van der Waals surface area contributed by atoms with Gasteiger partial charge in [-0.2, -0.15) is 0 Å². The molecule has 0 N–H and O–H groups in total. The van der Waals surface area contributed by atoms with Gasteiger partial charge in [-0.3, -0.25) is 0 Å². The fourth-order valence-electron chi connectivity index (χ4n) is 1.77. The summed E-state index contributed by atoms with van der Waals surface area (Å²) < 4.78 is 1.07. The number of hydrogen-bond donors (Lipinski definition) is 0. The normalized spacial score (nSPS) is 10.6. The number of benzene rings is 2. The standard InChI is InChI=1S/C14H11BrN4/c15-12-8-6-11(7-9-12)10-14-16-18-19(17-14)13-4-2-1-3-5-13/h1-9H,10H2. The van der Waals surface area contributed by atoms with Gasteiger partial charge in [-0.05, 0) is 35.0 Å². The largest absolute Gasteiger partial charge is 0.179 e. The van der Waals surface area contributed by atoms with Crippen LogP contribution in [0.3, 0.4) is 0 Å². The van der Waals surface area contributed by atoms with Crippen molar-refractivity contribution in [2.75, 3.05) is 0 Å². The maximum Gasteiger partial charge on any atom is 0.179 e. The van der Waals surface area contributed by atoms with Crippen LogP contribution in [-0.4, -0.2) is 20.2 Å². The average molecular weight is 315 g/mol. The molecule has 3 aromatic rings. The third kappa shape index (κ3) is 2.88. The molecule has 2 aromatic carbocycles. The summed E-state index contributed by atoms with van der Waals surface area (Å²) in [7, 11) is 0. The summed E-state index contributed by atoms with van der Waals surface area (Å²) in [5.74, 6) is 0.714. The first-order valence-corrected chi connectivity index (χ1v) is 6.69. The minimum absolute atomic E-state index is 0.681. The summed E-state index contributed by atoms with van der Waals surface area (Å²) in [6, 6.07) is 17.9. The van der Waals surface area contributed by atoms with Crippen molar-refractivity contribution < 1.29 is 0 Å². The molecule has 0 saturated heterocycles. The van der Waals surface area contributed by atoms with Gasteiger partial charge in [0.1, 0.15) is 0 Å². The highest BCUT2D eigenvalue weighted by molar-refractivity contribution is 9.10. The van der Waals surface area contributed by atoms with Crippen LogP contribution in [0.15, 0.2) is 59.1 Å². The molecule has 0 aliphatic carbocycles. The molecule has 0 spiro atoms. The molecule has 0 fully saturated rings. The number of tetrazole rings is 1. The first-order valence-electron chi connectivity index (χ1n) is 5.90. The summed E-state index contributed by atoms with van der Waals surface area (Å²) in [6.45, 7) is 0. The Morgan fingerprint density at radius 1 is 0.947 bits per heavy atom. The van der Waals surface area contributed by atoms with E-state index in [1.54, 1.807) is 4.80 Å². The monoisotopic (exact) mass is 314 g/mol. The predicted molar refractivity (Wildman–Crippen MR) is 76.1 cm³/mol. The summed E-state index contributed by atoms with van der Waals surface area (Å²) in [6.07, 6.45) is 0.681. The van der Waals surface area contributed by atoms with Crippen LogP contribution in [-0.2, 0) is 6.42 Å². The van der Waals surface area contributed by atoms with Crippen molar-refractivity contribution in [1.29, 1.82) is 0 Å². The zero-order valence-corrected chi connectivity index (χ0v) is 11.7. The van der Waals surface area contributed by atoms with E-state index >= 15 is 0 Å². The van der Waals surface area contributed by atoms with Crippen LogP contribution < -0.4 is 0 Å². The van der Waals surface area contributed by atoms with Gasteiger partial charge >= 0.3 is 0 Å². The minimum atomic E-state index is 0.681. The number of rotatable bonds is 3. The third-order valence-electron chi connectivity index (χ3n) is 2.72. The van der Waals surface area contributed by atoms with E-state index in [4.69, 9.17) is 0 Å². The van der Waals surface area contributed by atoms with Crippen molar-refractivity contribution in [3.05, 3.63) is 70.5 Å². The molecule has 1 aromatic heterocycles. The zero-order valence-electron chi connectivity index (χ0n) is 10.1. The summed E-state index contributed by atoms with van der Waals surface area (Å²) in [5.41, 5.74) is 2.08. The van der Waals surface area contributed by atoms with Gasteiger partial charge in [0, 0.05) is 10.9 Å². The van der Waals surface area contributed by atoms with Gasteiger partial charge in [-0.15, -0.1) is 15.0 Å². The minimum Gasteiger partial charge on any atom is -0.131 e. The van der Waals surface area contributed by atoms with Crippen LogP contribution in [0.2, 0.25) is 0 Å². The Morgan fingerprint density at radius 2 is 1.68 bits per heavy atom. The van der Waals surface area contributed by atoms with Gasteiger partial charge in [0.05, 0.1) is 5.69 Å². The van der Waals surface area contributed by atoms with Crippen LogP contribution in [0.25, 0.3) is 5.69 Å². The summed E-state index contributed by atoms with van der Waals surface area (Å²) in [5, 5.41) is 12.5. The Hall–Kier alpha value is -2.01. The first-order chi connectivity index (χ1) is 9.31. The molecule has 4 nitrogen and oxygen atoms in total. The number of aromatic nitrogens is 4. The lowest BCUT2D eigenvalue weighted by Gasteiger charge is -1.97. The van der Waals surface area contributed by atoms with E-state index in [1.807, 2.05) is 54.6 Å². The molecule has 0 amide bonds. The molecule has 0 aliphatic rings. The molecule has 0 unspecified atom stereocenters. The number of nitrogens with zero attached hydrogens (tertiary/aromatic N) is 4. The third-order valence-corrected chi connectivity index (χ3v) is 3.25. The number of para-hydroxylation sites is 1. The Labute approximate surface area is 119 Å². The highest BCUT2D eigenvalue weighted by Gasteiger charge is 2.05. The van der Waals surface area contributed by atoms with Crippen LogP contribution in [0.5, 0.6) is 0 Å². The second-order valence-electron chi connectivity index (χ2n) is 4.13. The van der Waals surface area contributed by atoms with E-state index < -0.39 is 0 Å². The second-order valence-corrected chi connectivity index (χ2v) is 5.05. The van der Waals surface area contributed by atoms with Crippen LogP contribution in [0.4, 0.5) is 0 Å². The first kappa shape index (κ1) is 12.0. The molecule has 1 heterocycles. The molecule has 5 heteroatoms. The molecule has 3 rings (SSSR count). The molecule has 0 atom stereocenters. The molecular formula is C14H11BrN4. The van der Waals surface area contributed by atoms with E-state index in [-0.39, 0.29) is 0 Å². The molecule has 0 radical (unpaired) electrons. The lowest BCUT2D eigenvalue weighted by molar-refractivity contribution is 0.718. The lowest BCUT2D eigenvalue weighted by Crippen LogP contribution is -1.99. The van der Waals surface area contributed by atoms with Gasteiger partial charge in [0.2, 0.25) is 0 Å². The molecule has 0 aliphatic heterocycles. The number of hydrogen-bond acceptors (Lipinski definition) is 3. The van der Waals surface area contributed by atoms with Crippen molar-refractivity contribution in [3.63, 3.8) is 0 Å². The molecule has 0 saturated carbocycles. The lowest BCUT2D eigenvalue weighted by atomic mass is 10.1. The Kier molecular flexibility index (Phi) is 3.37. The Bertz CT molecular complexity index is 661. The van der Waals surface area contributed by atoms with Gasteiger partial charge < -0.3 is 0 Å². The van der Waals surface area contributed by atoms with Gasteiger partial charge in [0.15, 0.2) is 5.82 Å². The van der Waals surface area contributed by atoms with Crippen molar-refractivity contribution in [1.82, 2.24) is 20.2 Å². The van der Waals surface area contributed by atoms with Crippen LogP contribution in [0, 0.1) is 0 Å². The predicted octanol–water partition coefficient (Wildman–Crippen LogP) is 3.02. The van der Waals surface area contributed by atoms with Gasteiger partial charge in [-0.1, -0.05) is 46.3 Å². The zero-order chi connectivity index (χ0) is 13.1. The van der Waals surface area contributed by atoms with Crippen LogP contribution >= 0.6 is 15.9 Å². The molecule has 94 valence electrons. The fraction of sp³-hybridized carbons (Fsp3) is 0.0714. The molecule has 0 bridgehead atoms. The van der Waals surface area contributed by atoms with Crippen molar-refractivity contribution in [3.8, 4) is 5.69 Å². The molecular weight excluding hydrogens is 304 g/mol. The summed E-state index contributed by atoms with van der Waals surface area (Å²) in [4.78, 5) is 1.55. The van der Waals surface area contributed by atoms with E-state index in [1.165, 1.54) is 0 Å². The van der Waals surface area contributed by atoms with Crippen molar-refractivity contribution >= 4 is 15.9 Å². The second kappa shape index (κ2) is 5.32. The topological polar surface area (TPSA) is 43.6 Å². The maximum absolute atomic E-state index is 4.38. The van der Waals surface area contributed by atoms with Crippen molar-refractivity contribution in [2.45, 2.75) is 6.42 Å². The number of halogens is 1. The summed E-state index contributed by atoms with van der Waals surface area (Å²) >= 11 is 3.42. The smallest absolute Gasteiger partial charge is 0.131 e. The Morgan fingerprint density at radius 3 is 2.42 bits per heavy atom. The van der Waals surface area contributed by atoms with Gasteiger partial charge in [-0.25, -0.2) is 0 Å². The van der Waals surface area contributed by atoms with Crippen molar-refractivity contribution in [2.24, 2.45) is 0 Å². The molecule has 19 heavy (non-hydrogen) atoms.